The first kappa shape index (κ1) is 13.0. The normalized spacial score (nSPS) is 31.2. The van der Waals surface area contributed by atoms with E-state index in [-0.39, 0.29) is 17.2 Å². The van der Waals surface area contributed by atoms with Crippen molar-refractivity contribution in [2.45, 2.75) is 50.2 Å². The summed E-state index contributed by atoms with van der Waals surface area (Å²) in [6.45, 7) is 0. The van der Waals surface area contributed by atoms with Crippen LogP contribution < -0.4 is 5.32 Å². The molecule has 1 aromatic rings. The highest BCUT2D eigenvalue weighted by atomic mass is 35.5. The number of piperidine rings is 2. The molecule has 0 spiro atoms. The van der Waals surface area contributed by atoms with E-state index in [1.807, 2.05) is 0 Å². The molecule has 1 amide bonds. The molecule has 5 heteroatoms. The number of amides is 1. The van der Waals surface area contributed by atoms with Crippen LogP contribution in [0.2, 0.25) is 5.22 Å². The van der Waals surface area contributed by atoms with E-state index >= 15 is 0 Å². The molecule has 1 aromatic heterocycles. The summed E-state index contributed by atoms with van der Waals surface area (Å²) in [4.78, 5) is 14.5. The van der Waals surface area contributed by atoms with Crippen molar-refractivity contribution in [2.75, 3.05) is 7.05 Å². The third-order valence-electron chi connectivity index (χ3n) is 4.47. The molecule has 2 fully saturated rings. The summed E-state index contributed by atoms with van der Waals surface area (Å²) >= 11 is 5.69. The monoisotopic (exact) mass is 282 g/mol. The largest absolute Gasteiger partial charge is 0.440 e. The summed E-state index contributed by atoms with van der Waals surface area (Å²) in [6, 6.07) is 4.69. The average molecular weight is 283 g/mol. The molecule has 19 heavy (non-hydrogen) atoms. The Morgan fingerprint density at radius 3 is 2.63 bits per heavy atom. The van der Waals surface area contributed by atoms with Crippen LogP contribution in [-0.2, 0) is 0 Å². The second-order valence-corrected chi connectivity index (χ2v) is 6.02. The summed E-state index contributed by atoms with van der Waals surface area (Å²) in [6.07, 6.45) is 5.87. The quantitative estimate of drug-likeness (QED) is 0.907. The van der Waals surface area contributed by atoms with Crippen LogP contribution in [0.15, 0.2) is 16.5 Å². The van der Waals surface area contributed by atoms with Crippen LogP contribution in [0.3, 0.4) is 0 Å². The van der Waals surface area contributed by atoms with E-state index in [1.54, 1.807) is 12.1 Å². The molecule has 2 aliphatic rings. The van der Waals surface area contributed by atoms with Gasteiger partial charge >= 0.3 is 0 Å². The zero-order valence-electron chi connectivity index (χ0n) is 11.1. The summed E-state index contributed by atoms with van der Waals surface area (Å²) in [5.41, 5.74) is 0. The lowest BCUT2D eigenvalue weighted by molar-refractivity contribution is 0.0457. The number of rotatable bonds is 2. The van der Waals surface area contributed by atoms with Gasteiger partial charge in [-0.3, -0.25) is 4.79 Å². The summed E-state index contributed by atoms with van der Waals surface area (Å²) in [7, 11) is 2.21. The number of hydrogen-bond donors (Lipinski definition) is 1. The number of nitrogens with one attached hydrogen (secondary N) is 1. The standard InChI is InChI=1S/C14H19ClN2O2/c1-17-10-3-2-4-11(17)8-9(7-10)16-14(18)12-5-6-13(15)19-12/h5-6,9-11H,2-4,7-8H2,1H3,(H,16,18). The minimum absolute atomic E-state index is 0.153. The fourth-order valence-corrected chi connectivity index (χ4v) is 3.57. The highest BCUT2D eigenvalue weighted by Crippen LogP contribution is 2.32. The van der Waals surface area contributed by atoms with Crippen LogP contribution >= 0.6 is 11.6 Å². The predicted octanol–water partition coefficient (Wildman–Crippen LogP) is 2.68. The third kappa shape index (κ3) is 2.65. The van der Waals surface area contributed by atoms with Gasteiger partial charge in [0.1, 0.15) is 0 Å². The number of hydrogen-bond acceptors (Lipinski definition) is 3. The minimum atomic E-state index is -0.153. The molecule has 4 nitrogen and oxygen atoms in total. The average Bonchev–Trinajstić information content (AvgIpc) is 2.77. The Balaban J connectivity index is 1.63. The van der Waals surface area contributed by atoms with E-state index in [4.69, 9.17) is 16.0 Å². The molecule has 0 aromatic carbocycles. The van der Waals surface area contributed by atoms with Crippen LogP contribution in [-0.4, -0.2) is 36.0 Å². The first-order chi connectivity index (χ1) is 9.13. The van der Waals surface area contributed by atoms with Crippen LogP contribution in [0.5, 0.6) is 0 Å². The fourth-order valence-electron chi connectivity index (χ4n) is 3.43. The van der Waals surface area contributed by atoms with E-state index in [1.165, 1.54) is 19.3 Å². The van der Waals surface area contributed by atoms with E-state index in [0.717, 1.165) is 12.8 Å². The number of halogens is 1. The van der Waals surface area contributed by atoms with Crippen molar-refractivity contribution in [1.82, 2.24) is 10.2 Å². The zero-order valence-corrected chi connectivity index (χ0v) is 11.8. The van der Waals surface area contributed by atoms with Crippen molar-refractivity contribution in [3.05, 3.63) is 23.1 Å². The highest BCUT2D eigenvalue weighted by Gasteiger charge is 2.36. The first-order valence-electron chi connectivity index (χ1n) is 6.91. The summed E-state index contributed by atoms with van der Waals surface area (Å²) in [5.74, 6) is 0.147. The Bertz CT molecular complexity index is 460. The number of carbonyl (C=O) groups is 1. The molecule has 2 aliphatic heterocycles. The molecule has 1 N–H and O–H groups in total. The van der Waals surface area contributed by atoms with Crippen molar-refractivity contribution in [3.63, 3.8) is 0 Å². The Morgan fingerprint density at radius 2 is 2.05 bits per heavy atom. The van der Waals surface area contributed by atoms with Gasteiger partial charge in [-0.15, -0.1) is 0 Å². The molecule has 0 aliphatic carbocycles. The molecular weight excluding hydrogens is 264 g/mol. The van der Waals surface area contributed by atoms with E-state index in [9.17, 15) is 4.79 Å². The van der Waals surface area contributed by atoms with Gasteiger partial charge < -0.3 is 14.6 Å². The van der Waals surface area contributed by atoms with Gasteiger partial charge in [0, 0.05) is 18.1 Å². The minimum Gasteiger partial charge on any atom is -0.440 e. The van der Waals surface area contributed by atoms with Gasteiger partial charge in [-0.1, -0.05) is 6.42 Å². The summed E-state index contributed by atoms with van der Waals surface area (Å²) < 4.78 is 5.14. The van der Waals surface area contributed by atoms with Crippen molar-refractivity contribution >= 4 is 17.5 Å². The molecule has 2 unspecified atom stereocenters. The van der Waals surface area contributed by atoms with Gasteiger partial charge in [-0.05, 0) is 56.5 Å². The Labute approximate surface area is 118 Å². The molecule has 0 saturated carbocycles. The molecular formula is C14H19ClN2O2. The number of fused-ring (bicyclic) bond motifs is 2. The Kier molecular flexibility index (Phi) is 3.54. The lowest BCUT2D eigenvalue weighted by Crippen LogP contribution is -2.55. The topological polar surface area (TPSA) is 45.5 Å². The molecule has 3 rings (SSSR count). The molecule has 104 valence electrons. The maximum Gasteiger partial charge on any atom is 0.287 e. The first-order valence-corrected chi connectivity index (χ1v) is 7.29. The van der Waals surface area contributed by atoms with Gasteiger partial charge in [0.2, 0.25) is 0 Å². The van der Waals surface area contributed by atoms with E-state index in [0.29, 0.717) is 17.8 Å². The number of carbonyl (C=O) groups excluding carboxylic acids is 1. The zero-order chi connectivity index (χ0) is 13.4. The summed E-state index contributed by atoms with van der Waals surface area (Å²) in [5, 5.41) is 3.33. The van der Waals surface area contributed by atoms with Crippen molar-refractivity contribution < 1.29 is 9.21 Å². The van der Waals surface area contributed by atoms with Crippen molar-refractivity contribution in [1.29, 1.82) is 0 Å². The van der Waals surface area contributed by atoms with Crippen molar-refractivity contribution in [2.24, 2.45) is 0 Å². The maximum atomic E-state index is 12.1. The Morgan fingerprint density at radius 1 is 1.37 bits per heavy atom. The smallest absolute Gasteiger partial charge is 0.287 e. The van der Waals surface area contributed by atoms with Gasteiger partial charge in [-0.2, -0.15) is 0 Å². The van der Waals surface area contributed by atoms with Gasteiger partial charge in [0.25, 0.3) is 5.91 Å². The van der Waals surface area contributed by atoms with Crippen LogP contribution in [0.4, 0.5) is 0 Å². The number of furan rings is 1. The molecule has 3 heterocycles. The lowest BCUT2D eigenvalue weighted by Gasteiger charge is -2.47. The van der Waals surface area contributed by atoms with E-state index in [2.05, 4.69) is 17.3 Å². The van der Waals surface area contributed by atoms with Crippen LogP contribution in [0.1, 0.15) is 42.7 Å². The van der Waals surface area contributed by atoms with Crippen LogP contribution in [0.25, 0.3) is 0 Å². The van der Waals surface area contributed by atoms with Gasteiger partial charge in [0.05, 0.1) is 0 Å². The highest BCUT2D eigenvalue weighted by molar-refractivity contribution is 6.29. The van der Waals surface area contributed by atoms with E-state index < -0.39 is 0 Å². The van der Waals surface area contributed by atoms with Gasteiger partial charge in [0.15, 0.2) is 11.0 Å². The maximum absolute atomic E-state index is 12.1. The van der Waals surface area contributed by atoms with Crippen molar-refractivity contribution in [3.8, 4) is 0 Å². The molecule has 2 bridgehead atoms. The second-order valence-electron chi connectivity index (χ2n) is 5.65. The second kappa shape index (κ2) is 5.17. The van der Waals surface area contributed by atoms with Gasteiger partial charge in [-0.25, -0.2) is 0 Å². The number of nitrogens with zero attached hydrogens (tertiary/aromatic N) is 1. The third-order valence-corrected chi connectivity index (χ3v) is 4.68. The molecule has 2 saturated heterocycles. The lowest BCUT2D eigenvalue weighted by atomic mass is 9.82. The molecule has 0 radical (unpaired) electrons. The van der Waals surface area contributed by atoms with Crippen LogP contribution in [0, 0.1) is 0 Å². The fraction of sp³-hybridized carbons (Fsp3) is 0.643. The Hall–Kier alpha value is -1.00. The SMILES string of the molecule is CN1C2CCCC1CC(NC(=O)c1ccc(Cl)o1)C2. The predicted molar refractivity (Wildman–Crippen MR) is 73.4 cm³/mol. The molecule has 2 atom stereocenters.